The van der Waals surface area contributed by atoms with Crippen molar-refractivity contribution in [3.63, 3.8) is 0 Å². The van der Waals surface area contributed by atoms with E-state index in [4.69, 9.17) is 24.4 Å². The SMILES string of the molecule is C[C@H](OC(=O)[C@H](O)[C@@H](O)C(=O)OC1=CC[C@@]2(O)[C@H]3Cc4ccc(CO)c5c4[C@@]2(CCN3C)[C@H]1O5)C(=O)N[C@H](CC(=O)O)C(=O)O. The quantitative estimate of drug-likeness (QED) is 0.126. The highest BCUT2D eigenvalue weighted by Crippen LogP contribution is 2.64. The Morgan fingerprint density at radius 3 is 2.47 bits per heavy atom. The molecule has 0 unspecified atom stereocenters. The summed E-state index contributed by atoms with van der Waals surface area (Å²) in [4.78, 5) is 61.8. The van der Waals surface area contributed by atoms with E-state index >= 15 is 0 Å². The number of benzene rings is 1. The maximum Gasteiger partial charge on any atom is 0.343 e. The number of rotatable bonds is 11. The molecule has 1 saturated heterocycles. The first-order valence-corrected chi connectivity index (χ1v) is 14.2. The number of esters is 2. The zero-order chi connectivity index (χ0) is 33.0. The van der Waals surface area contributed by atoms with Gasteiger partial charge in [-0.2, -0.15) is 0 Å². The molecule has 0 saturated carbocycles. The monoisotopic (exact) mass is 634 g/mol. The zero-order valence-electron chi connectivity index (χ0n) is 24.3. The topological polar surface area (TPSA) is 250 Å². The largest absolute Gasteiger partial charge is 0.481 e. The molecule has 2 aliphatic carbocycles. The second kappa shape index (κ2) is 11.7. The predicted octanol–water partition coefficient (Wildman–Crippen LogP) is -2.30. The lowest BCUT2D eigenvalue weighted by molar-refractivity contribution is -0.181. The molecule has 2 heterocycles. The Hall–Kier alpha value is -4.09. The molecular weight excluding hydrogens is 600 g/mol. The molecule has 16 heteroatoms. The minimum atomic E-state index is -2.53. The molecule has 244 valence electrons. The number of aliphatic carboxylic acids is 2. The number of nitrogens with zero attached hydrogens (tertiary/aromatic N) is 1. The van der Waals surface area contributed by atoms with Gasteiger partial charge in [0.2, 0.25) is 0 Å². The summed E-state index contributed by atoms with van der Waals surface area (Å²) >= 11 is 0. The summed E-state index contributed by atoms with van der Waals surface area (Å²) in [5.74, 6) is -7.13. The van der Waals surface area contributed by atoms with Crippen LogP contribution in [0.25, 0.3) is 0 Å². The molecule has 8 atom stereocenters. The molecule has 2 bridgehead atoms. The van der Waals surface area contributed by atoms with E-state index in [-0.39, 0.29) is 24.8 Å². The number of carboxylic acids is 2. The number of ether oxygens (including phenoxy) is 3. The number of aliphatic hydroxyl groups excluding tert-OH is 3. The van der Waals surface area contributed by atoms with Gasteiger partial charge in [-0.15, -0.1) is 0 Å². The van der Waals surface area contributed by atoms with E-state index in [0.717, 1.165) is 18.1 Å². The lowest BCUT2D eigenvalue weighted by Crippen LogP contribution is -2.74. The Morgan fingerprint density at radius 2 is 1.82 bits per heavy atom. The summed E-state index contributed by atoms with van der Waals surface area (Å²) in [5.41, 5.74) is -0.236. The Labute approximate surface area is 255 Å². The van der Waals surface area contributed by atoms with Crippen LogP contribution in [0.5, 0.6) is 5.75 Å². The first-order chi connectivity index (χ1) is 21.2. The number of carbonyl (C=O) groups is 5. The van der Waals surface area contributed by atoms with Crippen molar-refractivity contribution in [3.8, 4) is 5.75 Å². The number of nitrogens with one attached hydrogen (secondary N) is 1. The van der Waals surface area contributed by atoms with Crippen LogP contribution in [-0.2, 0) is 51.9 Å². The first-order valence-electron chi connectivity index (χ1n) is 14.2. The van der Waals surface area contributed by atoms with Crippen LogP contribution in [0.15, 0.2) is 24.0 Å². The normalized spacial score (nSPS) is 28.7. The molecule has 1 amide bonds. The van der Waals surface area contributed by atoms with E-state index in [0.29, 0.717) is 30.7 Å². The molecule has 1 aromatic carbocycles. The highest BCUT2D eigenvalue weighted by atomic mass is 16.6. The van der Waals surface area contributed by atoms with Crippen LogP contribution in [0.4, 0.5) is 0 Å². The zero-order valence-corrected chi connectivity index (χ0v) is 24.3. The first kappa shape index (κ1) is 32.3. The predicted molar refractivity (Wildman–Crippen MR) is 146 cm³/mol. The number of carbonyl (C=O) groups excluding carboxylic acids is 3. The fraction of sp³-hybridized carbons (Fsp3) is 0.552. The van der Waals surface area contributed by atoms with Gasteiger partial charge in [0.1, 0.15) is 17.6 Å². The summed E-state index contributed by atoms with van der Waals surface area (Å²) in [6.45, 7) is 1.24. The molecule has 1 aromatic rings. The molecular formula is C29H34N2O14. The van der Waals surface area contributed by atoms with Gasteiger partial charge >= 0.3 is 23.9 Å². The molecule has 0 aromatic heterocycles. The third-order valence-electron chi connectivity index (χ3n) is 9.28. The third-order valence-corrected chi connectivity index (χ3v) is 9.28. The fourth-order valence-corrected chi connectivity index (χ4v) is 7.03. The summed E-state index contributed by atoms with van der Waals surface area (Å²) in [7, 11) is 1.91. The number of hydrogen-bond donors (Lipinski definition) is 7. The third kappa shape index (κ3) is 5.11. The molecule has 4 aliphatic rings. The van der Waals surface area contributed by atoms with Crippen LogP contribution in [-0.4, -0.2) is 121 Å². The lowest BCUT2D eigenvalue weighted by Gasteiger charge is -2.61. The minimum Gasteiger partial charge on any atom is -0.481 e. The van der Waals surface area contributed by atoms with Gasteiger partial charge in [0.05, 0.1) is 24.0 Å². The molecule has 0 radical (unpaired) electrons. The van der Waals surface area contributed by atoms with Crippen molar-refractivity contribution in [2.24, 2.45) is 0 Å². The summed E-state index contributed by atoms with van der Waals surface area (Å²) < 4.78 is 16.5. The number of piperidine rings is 1. The van der Waals surface area contributed by atoms with Gasteiger partial charge in [-0.25, -0.2) is 14.4 Å². The van der Waals surface area contributed by atoms with Gasteiger partial charge < -0.3 is 55.1 Å². The standard InChI is InChI=1S/C29H34N2O14/c1-12(24(37)30-15(25(38)39)10-18(33)34)43-26(40)20(35)21(36)27(41)44-16-5-6-29(42)17-9-13-3-4-14(11-32)22-19(13)28(29,23(16)45-22)7-8-31(17)2/h3-5,12,15,17,20-21,23,32,35-36,42H,6-11H2,1-2H3,(H,30,37)(H,33,34)(H,38,39)/t12-,15+,17+,20+,21+,23-,28-,29+/m0/s1. The number of likely N-dealkylation sites (N-methyl/N-ethyl adjacent to an activating group) is 1. The maximum atomic E-state index is 13.0. The lowest BCUT2D eigenvalue weighted by atomic mass is 9.50. The second-order valence-corrected chi connectivity index (χ2v) is 11.8. The van der Waals surface area contributed by atoms with E-state index < -0.39 is 77.7 Å². The van der Waals surface area contributed by atoms with Gasteiger partial charge in [-0.3, -0.25) is 9.59 Å². The van der Waals surface area contributed by atoms with Crippen molar-refractivity contribution in [1.82, 2.24) is 10.2 Å². The molecule has 1 spiro atoms. The Kier molecular flexibility index (Phi) is 8.39. The van der Waals surface area contributed by atoms with Gasteiger partial charge in [0, 0.05) is 23.6 Å². The summed E-state index contributed by atoms with van der Waals surface area (Å²) in [5, 5.41) is 62.8. The van der Waals surface area contributed by atoms with Crippen LogP contribution in [0, 0.1) is 0 Å². The smallest absolute Gasteiger partial charge is 0.343 e. The highest BCUT2D eigenvalue weighted by molar-refractivity contribution is 5.91. The van der Waals surface area contributed by atoms with Gasteiger partial charge in [0.25, 0.3) is 5.91 Å². The maximum absolute atomic E-state index is 13.0. The molecule has 45 heavy (non-hydrogen) atoms. The Bertz CT molecular complexity index is 1480. The molecule has 5 rings (SSSR count). The molecule has 7 N–H and O–H groups in total. The van der Waals surface area contributed by atoms with Crippen molar-refractivity contribution in [2.45, 2.75) is 86.7 Å². The molecule has 1 fully saturated rings. The van der Waals surface area contributed by atoms with Crippen LogP contribution >= 0.6 is 0 Å². The van der Waals surface area contributed by atoms with Crippen LogP contribution < -0.4 is 10.1 Å². The number of amides is 1. The number of hydrogen-bond acceptors (Lipinski definition) is 13. The highest BCUT2D eigenvalue weighted by Gasteiger charge is 2.72. The van der Waals surface area contributed by atoms with E-state index in [2.05, 4.69) is 4.90 Å². The average molecular weight is 635 g/mol. The average Bonchev–Trinajstić information content (AvgIpc) is 3.34. The number of carboxylic acid groups (broad SMARTS) is 2. The summed E-state index contributed by atoms with van der Waals surface area (Å²) in [6.07, 6.45) is -6.30. The Balaban J connectivity index is 1.31. The van der Waals surface area contributed by atoms with E-state index in [9.17, 15) is 44.4 Å². The van der Waals surface area contributed by atoms with E-state index in [1.807, 2.05) is 18.4 Å². The Morgan fingerprint density at radius 1 is 1.13 bits per heavy atom. The molecule has 2 aliphatic heterocycles. The number of aliphatic hydroxyl groups is 4. The number of likely N-dealkylation sites (tertiary alicyclic amines) is 1. The van der Waals surface area contributed by atoms with Gasteiger partial charge in [0.15, 0.2) is 24.4 Å². The van der Waals surface area contributed by atoms with Crippen molar-refractivity contribution >= 4 is 29.8 Å². The minimum absolute atomic E-state index is 0.0548. The van der Waals surface area contributed by atoms with Crippen molar-refractivity contribution < 1.29 is 68.8 Å². The molecule has 16 nitrogen and oxygen atoms in total. The van der Waals surface area contributed by atoms with Crippen LogP contribution in [0.3, 0.4) is 0 Å². The van der Waals surface area contributed by atoms with Crippen LogP contribution in [0.1, 0.15) is 42.9 Å². The van der Waals surface area contributed by atoms with E-state index in [1.165, 1.54) is 6.08 Å². The van der Waals surface area contributed by atoms with Crippen LogP contribution in [0.2, 0.25) is 0 Å². The summed E-state index contributed by atoms with van der Waals surface area (Å²) in [6, 6.07) is 1.49. The van der Waals surface area contributed by atoms with E-state index in [1.54, 1.807) is 6.07 Å². The van der Waals surface area contributed by atoms with Crippen molar-refractivity contribution in [2.75, 3.05) is 13.6 Å². The van der Waals surface area contributed by atoms with Crippen molar-refractivity contribution in [1.29, 1.82) is 0 Å². The second-order valence-electron chi connectivity index (χ2n) is 11.8. The van der Waals surface area contributed by atoms with Crippen molar-refractivity contribution in [3.05, 3.63) is 40.7 Å². The van der Waals surface area contributed by atoms with Gasteiger partial charge in [-0.1, -0.05) is 12.1 Å². The van der Waals surface area contributed by atoms with Gasteiger partial charge in [-0.05, 0) is 45.0 Å². The fourth-order valence-electron chi connectivity index (χ4n) is 7.03.